The molecule has 4 nitrogen and oxygen atoms in total. The smallest absolute Gasteiger partial charge is 0.205 e. The largest absolute Gasteiger partial charge is 0.396 e. The van der Waals surface area contributed by atoms with E-state index in [0.29, 0.717) is 19.3 Å². The number of hydrogen-bond donors (Lipinski definition) is 2. The van der Waals surface area contributed by atoms with E-state index in [2.05, 4.69) is 26.0 Å². The molecule has 29 heavy (non-hydrogen) atoms. The zero-order chi connectivity index (χ0) is 21.8. The van der Waals surface area contributed by atoms with Gasteiger partial charge in [-0.05, 0) is 76.7 Å². The maximum Gasteiger partial charge on any atom is 0.205 e. The zero-order valence-electron chi connectivity index (χ0n) is 18.7. The van der Waals surface area contributed by atoms with E-state index in [9.17, 15) is 19.8 Å². The van der Waals surface area contributed by atoms with Crippen molar-refractivity contribution in [1.29, 1.82) is 0 Å². The van der Waals surface area contributed by atoms with Gasteiger partial charge in [0.1, 0.15) is 0 Å². The summed E-state index contributed by atoms with van der Waals surface area (Å²) in [7, 11) is 0. The van der Waals surface area contributed by atoms with Gasteiger partial charge in [0.15, 0.2) is 0 Å². The number of rotatable bonds is 2. The Bertz CT molecular complexity index is 714. The van der Waals surface area contributed by atoms with Crippen molar-refractivity contribution in [2.45, 2.75) is 79.2 Å². The number of fused-ring (bicyclic) bond motifs is 1. The Morgan fingerprint density at radius 2 is 1.76 bits per heavy atom. The second-order valence-corrected chi connectivity index (χ2v) is 9.49. The molecule has 2 N–H and O–H groups in total. The first-order valence-electron chi connectivity index (χ1n) is 11.0. The summed E-state index contributed by atoms with van der Waals surface area (Å²) in [4.78, 5) is 25.9. The molecule has 0 radical (unpaired) electrons. The van der Waals surface area contributed by atoms with Crippen molar-refractivity contribution in [2.24, 2.45) is 23.2 Å². The summed E-state index contributed by atoms with van der Waals surface area (Å²) in [6.07, 6.45) is 10.4. The molecule has 0 bridgehead atoms. The highest BCUT2D eigenvalue weighted by Gasteiger charge is 2.57. The van der Waals surface area contributed by atoms with Gasteiger partial charge in [-0.2, -0.15) is 0 Å². The van der Waals surface area contributed by atoms with Gasteiger partial charge >= 0.3 is 0 Å². The lowest BCUT2D eigenvalue weighted by Gasteiger charge is -2.32. The monoisotopic (exact) mass is 402 g/mol. The number of Topliss-reactive ketones (excluding diaryl/α,β-unsaturated/α-hetero) is 2. The lowest BCUT2D eigenvalue weighted by Crippen LogP contribution is -2.32. The van der Waals surface area contributed by atoms with Gasteiger partial charge in [0.2, 0.25) is 11.6 Å². The van der Waals surface area contributed by atoms with Gasteiger partial charge in [-0.25, -0.2) is 0 Å². The van der Waals surface area contributed by atoms with Crippen molar-refractivity contribution in [3.05, 3.63) is 34.9 Å². The van der Waals surface area contributed by atoms with Crippen molar-refractivity contribution < 1.29 is 19.8 Å². The number of ketones is 2. The van der Waals surface area contributed by atoms with Crippen LogP contribution in [0.15, 0.2) is 34.9 Å². The molecule has 0 saturated heterocycles. The van der Waals surface area contributed by atoms with E-state index >= 15 is 0 Å². The van der Waals surface area contributed by atoms with Gasteiger partial charge in [0.25, 0.3) is 0 Å². The quantitative estimate of drug-likeness (QED) is 0.524. The highest BCUT2D eigenvalue weighted by molar-refractivity contribution is 6.42. The Kier molecular flexibility index (Phi) is 8.18. The Balaban J connectivity index is 2.45. The van der Waals surface area contributed by atoms with Gasteiger partial charge in [0.05, 0.1) is 6.10 Å². The summed E-state index contributed by atoms with van der Waals surface area (Å²) in [5, 5.41) is 20.3. The number of aliphatic hydroxyl groups excluding tert-OH is 2. The Hall–Kier alpha value is -1.52. The van der Waals surface area contributed by atoms with Crippen molar-refractivity contribution in [3.63, 3.8) is 0 Å². The minimum atomic E-state index is -0.764. The molecule has 1 saturated carbocycles. The van der Waals surface area contributed by atoms with Crippen molar-refractivity contribution in [1.82, 2.24) is 0 Å². The van der Waals surface area contributed by atoms with Gasteiger partial charge in [0, 0.05) is 17.9 Å². The molecule has 0 aliphatic heterocycles. The van der Waals surface area contributed by atoms with Crippen molar-refractivity contribution in [2.75, 3.05) is 6.61 Å². The molecule has 2 rings (SSSR count). The van der Waals surface area contributed by atoms with E-state index in [1.54, 1.807) is 0 Å². The maximum absolute atomic E-state index is 13.0. The second-order valence-electron chi connectivity index (χ2n) is 9.49. The molecular formula is C25H38O4. The van der Waals surface area contributed by atoms with E-state index < -0.39 is 17.4 Å². The van der Waals surface area contributed by atoms with Crippen LogP contribution in [0.2, 0.25) is 0 Å². The molecule has 1 unspecified atom stereocenters. The van der Waals surface area contributed by atoms with Crippen molar-refractivity contribution >= 4 is 11.6 Å². The minimum absolute atomic E-state index is 0.110. The van der Waals surface area contributed by atoms with Crippen LogP contribution in [-0.4, -0.2) is 34.5 Å². The number of hydrogen-bond acceptors (Lipinski definition) is 4. The second kappa shape index (κ2) is 9.99. The van der Waals surface area contributed by atoms with E-state index in [4.69, 9.17) is 0 Å². The van der Waals surface area contributed by atoms with E-state index in [-0.39, 0.29) is 30.0 Å². The average Bonchev–Trinajstić information content (AvgIpc) is 2.88. The molecule has 0 spiro atoms. The van der Waals surface area contributed by atoms with E-state index in [1.807, 2.05) is 26.8 Å². The van der Waals surface area contributed by atoms with Gasteiger partial charge in [-0.3, -0.25) is 9.59 Å². The first kappa shape index (κ1) is 23.8. The number of carbonyl (C=O) groups is 2. The van der Waals surface area contributed by atoms with E-state index in [0.717, 1.165) is 24.8 Å². The highest BCUT2D eigenvalue weighted by atomic mass is 16.3. The molecule has 0 aromatic heterocycles. The van der Waals surface area contributed by atoms with Gasteiger partial charge in [-0.1, -0.05) is 43.2 Å². The van der Waals surface area contributed by atoms with Crippen LogP contribution in [0, 0.1) is 23.2 Å². The third-order valence-corrected chi connectivity index (χ3v) is 7.14. The first-order valence-corrected chi connectivity index (χ1v) is 11.0. The fourth-order valence-electron chi connectivity index (χ4n) is 4.78. The highest BCUT2D eigenvalue weighted by Crippen LogP contribution is 2.50. The summed E-state index contributed by atoms with van der Waals surface area (Å²) >= 11 is 0. The molecule has 4 heteroatoms. The van der Waals surface area contributed by atoms with Crippen molar-refractivity contribution in [3.8, 4) is 0 Å². The fourth-order valence-corrected chi connectivity index (χ4v) is 4.78. The zero-order valence-corrected chi connectivity index (χ0v) is 18.7. The molecule has 2 aliphatic rings. The number of carbonyl (C=O) groups excluding carboxylic acids is 2. The lowest BCUT2D eigenvalue weighted by atomic mass is 9.69. The van der Waals surface area contributed by atoms with Crippen LogP contribution in [0.5, 0.6) is 0 Å². The summed E-state index contributed by atoms with van der Waals surface area (Å²) in [5.41, 5.74) is 2.65. The first-order chi connectivity index (χ1) is 13.6. The van der Waals surface area contributed by atoms with E-state index in [1.165, 1.54) is 11.1 Å². The average molecular weight is 403 g/mol. The van der Waals surface area contributed by atoms with Crippen LogP contribution < -0.4 is 0 Å². The molecule has 0 aromatic rings. The maximum atomic E-state index is 13.0. The summed E-state index contributed by atoms with van der Waals surface area (Å²) < 4.78 is 0. The SMILES string of the molecule is C/C1=C/C[C@]2(C)C(=O)C(=O)C([C@H](C)CO)[C@H]2C/C=C(/C)[C@@H](O)CC/C(C)=C\CC1. The normalized spacial score (nSPS) is 39.1. The van der Waals surface area contributed by atoms with Gasteiger partial charge < -0.3 is 10.2 Å². The lowest BCUT2D eigenvalue weighted by molar-refractivity contribution is -0.139. The van der Waals surface area contributed by atoms with Crippen LogP contribution >= 0.6 is 0 Å². The third kappa shape index (κ3) is 5.35. The van der Waals surface area contributed by atoms with Crippen LogP contribution in [-0.2, 0) is 9.59 Å². The van der Waals surface area contributed by atoms with Gasteiger partial charge in [-0.15, -0.1) is 0 Å². The molecule has 162 valence electrons. The van der Waals surface area contributed by atoms with Crippen LogP contribution in [0.3, 0.4) is 0 Å². The third-order valence-electron chi connectivity index (χ3n) is 7.14. The molecule has 1 fully saturated rings. The number of allylic oxidation sites excluding steroid dienone is 5. The predicted octanol–water partition coefficient (Wildman–Crippen LogP) is 4.56. The summed E-state index contributed by atoms with van der Waals surface area (Å²) in [5.74, 6) is -1.52. The molecular weight excluding hydrogens is 364 g/mol. The predicted molar refractivity (Wildman–Crippen MR) is 116 cm³/mol. The molecule has 5 atom stereocenters. The molecule has 0 amide bonds. The fraction of sp³-hybridized carbons (Fsp3) is 0.680. The molecule has 0 aromatic carbocycles. The molecule has 0 heterocycles. The summed E-state index contributed by atoms with van der Waals surface area (Å²) in [6.45, 7) is 9.77. The van der Waals surface area contributed by atoms with Crippen LogP contribution in [0.25, 0.3) is 0 Å². The minimum Gasteiger partial charge on any atom is -0.396 e. The molecule has 2 aliphatic carbocycles. The Morgan fingerprint density at radius 3 is 2.41 bits per heavy atom. The van der Waals surface area contributed by atoms with Crippen LogP contribution in [0.1, 0.15) is 73.1 Å². The summed E-state index contributed by atoms with van der Waals surface area (Å²) in [6, 6.07) is 0. The Labute approximate surface area is 175 Å². The topological polar surface area (TPSA) is 74.6 Å². The Morgan fingerprint density at radius 1 is 1.10 bits per heavy atom. The number of aliphatic hydroxyl groups is 2. The van der Waals surface area contributed by atoms with Crippen LogP contribution in [0.4, 0.5) is 0 Å². The standard InChI is InChI=1S/C25H38O4/c1-16-7-6-8-17(2)13-14-25(5)20(11-10-18(3)21(27)12-9-16)22(19(4)15-26)23(28)24(25)29/h7,10,13,19-22,26-27H,6,8-9,11-12,14-15H2,1-5H3/b16-7-,17-13-,18-10-/t19-,20-,21+,22?,25+/m1/s1.